The molecule has 0 amide bonds. The number of allylic oxidation sites excluding steroid dienone is 1. The number of benzene rings is 2. The topological polar surface area (TPSA) is 59.0 Å². The molecule has 5 nitrogen and oxygen atoms in total. The summed E-state index contributed by atoms with van der Waals surface area (Å²) in [6, 6.07) is 11.0. The summed E-state index contributed by atoms with van der Waals surface area (Å²) in [5, 5.41) is 5.09. The zero-order valence-corrected chi connectivity index (χ0v) is 17.6. The second-order valence-electron chi connectivity index (χ2n) is 5.66. The predicted molar refractivity (Wildman–Crippen MR) is 110 cm³/mol. The normalized spacial score (nSPS) is 12.4. The van der Waals surface area contributed by atoms with E-state index in [1.54, 1.807) is 37.2 Å². The lowest BCUT2D eigenvalue weighted by molar-refractivity contribution is 0.132. The minimum atomic E-state index is -3.79. The van der Waals surface area contributed by atoms with Crippen LogP contribution in [0, 0.1) is 0 Å². The molecule has 0 atom stereocenters. The summed E-state index contributed by atoms with van der Waals surface area (Å²) in [6.07, 6.45) is 2.56. The average molecular weight is 448 g/mol. The smallest absolute Gasteiger partial charge is 0.209 e. The molecule has 0 heterocycles. The minimum Gasteiger partial charge on any atom is -0.391 e. The number of nitrogens with zero attached hydrogens (tertiary/aromatic N) is 2. The van der Waals surface area contributed by atoms with Crippen molar-refractivity contribution in [3.8, 4) is 0 Å². The van der Waals surface area contributed by atoms with E-state index in [0.29, 0.717) is 20.6 Å². The van der Waals surface area contributed by atoms with E-state index < -0.39 is 9.84 Å². The Morgan fingerprint density at radius 1 is 1.07 bits per heavy atom. The third-order valence-corrected chi connectivity index (χ3v) is 6.03. The third-order valence-electron chi connectivity index (χ3n) is 3.34. The molecule has 0 aliphatic carbocycles. The van der Waals surface area contributed by atoms with Gasteiger partial charge in [-0.3, -0.25) is 0 Å². The first kappa shape index (κ1) is 21.6. The van der Waals surface area contributed by atoms with E-state index >= 15 is 0 Å². The fourth-order valence-corrected chi connectivity index (χ4v) is 3.97. The summed E-state index contributed by atoms with van der Waals surface area (Å²) in [5.41, 5.74) is 0.566. The van der Waals surface area contributed by atoms with Crippen LogP contribution in [0.1, 0.15) is 5.56 Å². The molecule has 144 valence electrons. The molecule has 0 N–H and O–H groups in total. The summed E-state index contributed by atoms with van der Waals surface area (Å²) < 4.78 is 25.6. The number of oxime groups is 1. The highest BCUT2D eigenvalue weighted by Crippen LogP contribution is 2.25. The quantitative estimate of drug-likeness (QED) is 0.441. The van der Waals surface area contributed by atoms with Crippen LogP contribution in [-0.4, -0.2) is 33.6 Å². The van der Waals surface area contributed by atoms with Gasteiger partial charge in [0.1, 0.15) is 11.5 Å². The van der Waals surface area contributed by atoms with Crippen molar-refractivity contribution in [3.05, 3.63) is 74.2 Å². The van der Waals surface area contributed by atoms with Crippen molar-refractivity contribution in [2.24, 2.45) is 5.16 Å². The lowest BCUT2D eigenvalue weighted by Gasteiger charge is -2.10. The van der Waals surface area contributed by atoms with Gasteiger partial charge in [0.2, 0.25) is 9.84 Å². The van der Waals surface area contributed by atoms with E-state index in [1.165, 1.54) is 30.5 Å². The van der Waals surface area contributed by atoms with Crippen LogP contribution in [0.25, 0.3) is 0 Å². The van der Waals surface area contributed by atoms with Crippen LogP contribution in [0.5, 0.6) is 0 Å². The highest BCUT2D eigenvalue weighted by atomic mass is 35.5. The Balaban J connectivity index is 2.22. The number of rotatable bonds is 7. The Morgan fingerprint density at radius 3 is 2.22 bits per heavy atom. The summed E-state index contributed by atoms with van der Waals surface area (Å²) in [6.45, 7) is 0.00520. The Labute approximate surface area is 173 Å². The molecular formula is C18H17Cl3N2O3S. The lowest BCUT2D eigenvalue weighted by atomic mass is 10.2. The maximum atomic E-state index is 12.8. The molecule has 0 saturated carbocycles. The summed E-state index contributed by atoms with van der Waals surface area (Å²) in [4.78, 5) is 6.85. The van der Waals surface area contributed by atoms with E-state index in [4.69, 9.17) is 39.6 Å². The molecule has 0 saturated heterocycles. The lowest BCUT2D eigenvalue weighted by Crippen LogP contribution is -2.12. The zero-order chi connectivity index (χ0) is 20.0. The van der Waals surface area contributed by atoms with Gasteiger partial charge in [-0.25, -0.2) is 8.42 Å². The Kier molecular flexibility index (Phi) is 7.56. The average Bonchev–Trinajstić information content (AvgIpc) is 2.59. The molecular weight excluding hydrogens is 431 g/mol. The molecule has 27 heavy (non-hydrogen) atoms. The standard InChI is InChI=1S/C18H17Cl3N2O3S/c1-23(2)11-15(27(24,25)14-8-6-13(19)7-9-14)10-22-26-12-16-17(20)4-3-5-18(16)21/h3-11H,12H2,1-2H3. The molecule has 0 aromatic heterocycles. The minimum absolute atomic E-state index is 0.00520. The highest BCUT2D eigenvalue weighted by Gasteiger charge is 2.20. The van der Waals surface area contributed by atoms with Gasteiger partial charge in [0.05, 0.1) is 11.1 Å². The van der Waals surface area contributed by atoms with E-state index in [1.807, 2.05) is 0 Å². The first-order chi connectivity index (χ1) is 12.7. The number of sulfone groups is 1. The molecule has 2 aromatic carbocycles. The van der Waals surface area contributed by atoms with Crippen molar-refractivity contribution in [1.82, 2.24) is 4.90 Å². The van der Waals surface area contributed by atoms with Crippen molar-refractivity contribution in [2.45, 2.75) is 11.5 Å². The van der Waals surface area contributed by atoms with Gasteiger partial charge in [-0.05, 0) is 36.4 Å². The second-order valence-corrected chi connectivity index (χ2v) is 8.86. The van der Waals surface area contributed by atoms with E-state index in [0.717, 1.165) is 6.21 Å². The molecule has 0 fully saturated rings. The number of hydrogen-bond donors (Lipinski definition) is 0. The van der Waals surface area contributed by atoms with Gasteiger partial charge >= 0.3 is 0 Å². The molecule has 0 aliphatic rings. The van der Waals surface area contributed by atoms with Crippen LogP contribution in [0.3, 0.4) is 0 Å². The van der Waals surface area contributed by atoms with E-state index in [9.17, 15) is 8.42 Å². The summed E-state index contributed by atoms with van der Waals surface area (Å²) >= 11 is 18.0. The van der Waals surface area contributed by atoms with Crippen molar-refractivity contribution in [2.75, 3.05) is 14.1 Å². The van der Waals surface area contributed by atoms with Crippen LogP contribution in [0.15, 0.2) is 63.6 Å². The van der Waals surface area contributed by atoms with Gasteiger partial charge in [0.25, 0.3) is 0 Å². The van der Waals surface area contributed by atoms with Crippen molar-refractivity contribution >= 4 is 50.9 Å². The SMILES string of the molecule is CN(C)C=C(C=NOCc1c(Cl)cccc1Cl)S(=O)(=O)c1ccc(Cl)cc1. The van der Waals surface area contributed by atoms with Crippen LogP contribution < -0.4 is 0 Å². The Hall–Kier alpha value is -1.73. The summed E-state index contributed by atoms with van der Waals surface area (Å²) in [5.74, 6) is 0. The zero-order valence-electron chi connectivity index (χ0n) is 14.6. The molecule has 0 spiro atoms. The van der Waals surface area contributed by atoms with Gasteiger partial charge in [0, 0.05) is 40.9 Å². The van der Waals surface area contributed by atoms with Crippen molar-refractivity contribution in [3.63, 3.8) is 0 Å². The van der Waals surface area contributed by atoms with Crippen LogP contribution >= 0.6 is 34.8 Å². The molecule has 2 aromatic rings. The van der Waals surface area contributed by atoms with E-state index in [-0.39, 0.29) is 16.4 Å². The molecule has 0 unspecified atom stereocenters. The monoisotopic (exact) mass is 446 g/mol. The molecule has 2 rings (SSSR count). The van der Waals surface area contributed by atoms with Gasteiger partial charge in [-0.15, -0.1) is 0 Å². The molecule has 0 bridgehead atoms. The van der Waals surface area contributed by atoms with Crippen LogP contribution in [0.4, 0.5) is 0 Å². The maximum absolute atomic E-state index is 12.8. The van der Waals surface area contributed by atoms with Crippen LogP contribution in [0.2, 0.25) is 15.1 Å². The number of hydrogen-bond acceptors (Lipinski definition) is 5. The first-order valence-corrected chi connectivity index (χ1v) is 10.3. The van der Waals surface area contributed by atoms with Gasteiger partial charge in [0.15, 0.2) is 0 Å². The molecule has 0 aliphatic heterocycles. The van der Waals surface area contributed by atoms with E-state index in [2.05, 4.69) is 5.16 Å². The Bertz CT molecular complexity index is 936. The fraction of sp³-hybridized carbons (Fsp3) is 0.167. The predicted octanol–water partition coefficient (Wildman–Crippen LogP) is 5.03. The van der Waals surface area contributed by atoms with Gasteiger partial charge < -0.3 is 9.74 Å². The highest BCUT2D eigenvalue weighted by molar-refractivity contribution is 7.96. The largest absolute Gasteiger partial charge is 0.391 e. The Morgan fingerprint density at radius 2 is 1.67 bits per heavy atom. The summed E-state index contributed by atoms with van der Waals surface area (Å²) in [7, 11) is -0.387. The van der Waals surface area contributed by atoms with Gasteiger partial charge in [-0.2, -0.15) is 0 Å². The van der Waals surface area contributed by atoms with Gasteiger partial charge in [-0.1, -0.05) is 46.0 Å². The molecule has 9 heteroatoms. The van der Waals surface area contributed by atoms with Crippen molar-refractivity contribution in [1.29, 1.82) is 0 Å². The first-order valence-electron chi connectivity index (χ1n) is 7.69. The third kappa shape index (κ3) is 5.87. The number of halogens is 3. The fourth-order valence-electron chi connectivity index (χ4n) is 2.04. The molecule has 0 radical (unpaired) electrons. The van der Waals surface area contributed by atoms with Crippen molar-refractivity contribution < 1.29 is 13.3 Å². The van der Waals surface area contributed by atoms with Crippen LogP contribution in [-0.2, 0) is 21.3 Å². The second kappa shape index (κ2) is 9.46. The maximum Gasteiger partial charge on any atom is 0.209 e.